The van der Waals surface area contributed by atoms with Gasteiger partial charge in [0.05, 0.1) is 7.11 Å². The van der Waals surface area contributed by atoms with Crippen molar-refractivity contribution in [2.24, 2.45) is 0 Å². The first kappa shape index (κ1) is 10.8. The van der Waals surface area contributed by atoms with Gasteiger partial charge in [0.2, 0.25) is 0 Å². The van der Waals surface area contributed by atoms with Crippen molar-refractivity contribution in [1.82, 2.24) is 9.97 Å². The lowest BCUT2D eigenvalue weighted by molar-refractivity contribution is 0.414. The number of aromatic nitrogens is 2. The number of H-pyrrole nitrogens is 1. The van der Waals surface area contributed by atoms with Crippen LogP contribution in [0.15, 0.2) is 48.8 Å². The molecule has 0 atom stereocenters. The molecule has 0 aliphatic carbocycles. The van der Waals surface area contributed by atoms with Gasteiger partial charge in [-0.05, 0) is 41.8 Å². The van der Waals surface area contributed by atoms with Gasteiger partial charge in [-0.25, -0.2) is 4.98 Å². The highest BCUT2D eigenvalue weighted by molar-refractivity contribution is 5.79. The van der Waals surface area contributed by atoms with E-state index in [1.54, 1.807) is 13.3 Å². The number of pyridine rings is 1. The van der Waals surface area contributed by atoms with E-state index in [2.05, 4.69) is 28.2 Å². The molecule has 0 saturated carbocycles. The molecule has 3 heteroatoms. The number of nitrogens with zero attached hydrogens (tertiary/aromatic N) is 1. The van der Waals surface area contributed by atoms with E-state index in [1.807, 2.05) is 24.4 Å². The van der Waals surface area contributed by atoms with Crippen molar-refractivity contribution in [3.8, 4) is 5.75 Å². The van der Waals surface area contributed by atoms with Crippen LogP contribution in [0, 0.1) is 0 Å². The molecule has 1 aromatic carbocycles. The molecule has 0 saturated heterocycles. The molecule has 0 aliphatic heterocycles. The summed E-state index contributed by atoms with van der Waals surface area (Å²) in [4.78, 5) is 7.49. The molecule has 1 N–H and O–H groups in total. The predicted octanol–water partition coefficient (Wildman–Crippen LogP) is 3.16. The van der Waals surface area contributed by atoms with Gasteiger partial charge in [0.1, 0.15) is 11.4 Å². The number of aromatic amines is 1. The molecule has 3 rings (SSSR count). The summed E-state index contributed by atoms with van der Waals surface area (Å²) in [5.74, 6) is 0.888. The maximum absolute atomic E-state index is 5.16. The maximum Gasteiger partial charge on any atom is 0.137 e. The third-order valence-electron chi connectivity index (χ3n) is 3.09. The average Bonchev–Trinajstić information content (AvgIpc) is 2.83. The van der Waals surface area contributed by atoms with Crippen molar-refractivity contribution < 1.29 is 4.74 Å². The first-order valence-corrected chi connectivity index (χ1v) is 5.91. The van der Waals surface area contributed by atoms with Gasteiger partial charge < -0.3 is 9.72 Å². The molecule has 2 heterocycles. The maximum atomic E-state index is 5.16. The van der Waals surface area contributed by atoms with Crippen LogP contribution in [0.4, 0.5) is 0 Å². The zero-order valence-electron chi connectivity index (χ0n) is 10.2. The van der Waals surface area contributed by atoms with Crippen LogP contribution in [-0.4, -0.2) is 17.1 Å². The topological polar surface area (TPSA) is 37.9 Å². The minimum absolute atomic E-state index is 0.888. The van der Waals surface area contributed by atoms with Crippen LogP contribution in [0.1, 0.15) is 11.1 Å². The summed E-state index contributed by atoms with van der Waals surface area (Å²) in [5, 5.41) is 1.19. The molecule has 0 unspecified atom stereocenters. The van der Waals surface area contributed by atoms with Gasteiger partial charge in [-0.2, -0.15) is 0 Å². The smallest absolute Gasteiger partial charge is 0.137 e. The second-order valence-electron chi connectivity index (χ2n) is 4.24. The summed E-state index contributed by atoms with van der Waals surface area (Å²) >= 11 is 0. The van der Waals surface area contributed by atoms with E-state index in [0.717, 1.165) is 17.8 Å². The molecule has 90 valence electrons. The molecule has 2 aromatic heterocycles. The van der Waals surface area contributed by atoms with Crippen LogP contribution in [0.3, 0.4) is 0 Å². The molecule has 0 aliphatic rings. The Balaban J connectivity index is 1.91. The van der Waals surface area contributed by atoms with E-state index < -0.39 is 0 Å². The molecule has 3 nitrogen and oxygen atoms in total. The molecule has 0 spiro atoms. The van der Waals surface area contributed by atoms with E-state index in [0.29, 0.717) is 0 Å². The molecule has 18 heavy (non-hydrogen) atoms. The van der Waals surface area contributed by atoms with Crippen LogP contribution in [0.2, 0.25) is 0 Å². The Morgan fingerprint density at radius 2 is 2.00 bits per heavy atom. The monoisotopic (exact) mass is 238 g/mol. The Hall–Kier alpha value is -2.29. The molecular weight excluding hydrogens is 224 g/mol. The van der Waals surface area contributed by atoms with Gasteiger partial charge in [-0.3, -0.25) is 0 Å². The van der Waals surface area contributed by atoms with E-state index in [-0.39, 0.29) is 0 Å². The Labute approximate surface area is 105 Å². The van der Waals surface area contributed by atoms with Crippen molar-refractivity contribution >= 4 is 11.0 Å². The number of fused-ring (bicyclic) bond motifs is 1. The second kappa shape index (κ2) is 4.53. The number of benzene rings is 1. The SMILES string of the molecule is COc1ccc(Cc2c[nH]c3ncccc23)cc1. The van der Waals surface area contributed by atoms with Crippen molar-refractivity contribution in [2.45, 2.75) is 6.42 Å². The van der Waals surface area contributed by atoms with Crippen LogP contribution >= 0.6 is 0 Å². The number of hydrogen-bond donors (Lipinski definition) is 1. The van der Waals surface area contributed by atoms with E-state index in [9.17, 15) is 0 Å². The number of nitrogens with one attached hydrogen (secondary N) is 1. The zero-order valence-corrected chi connectivity index (χ0v) is 10.2. The standard InChI is InChI=1S/C15H14N2O/c1-18-13-6-4-11(5-7-13)9-12-10-17-15-14(12)3-2-8-16-15/h2-8,10H,9H2,1H3,(H,16,17). The Bertz CT molecular complexity index is 656. The number of methoxy groups -OCH3 is 1. The average molecular weight is 238 g/mol. The Morgan fingerprint density at radius 1 is 1.17 bits per heavy atom. The zero-order chi connectivity index (χ0) is 12.4. The largest absolute Gasteiger partial charge is 0.497 e. The van der Waals surface area contributed by atoms with Gasteiger partial charge in [0.25, 0.3) is 0 Å². The summed E-state index contributed by atoms with van der Waals surface area (Å²) in [6, 6.07) is 12.2. The highest BCUT2D eigenvalue weighted by Gasteiger charge is 2.04. The van der Waals surface area contributed by atoms with Gasteiger partial charge in [0.15, 0.2) is 0 Å². The summed E-state index contributed by atoms with van der Waals surface area (Å²) in [7, 11) is 1.68. The molecule has 0 bridgehead atoms. The van der Waals surface area contributed by atoms with Gasteiger partial charge in [-0.15, -0.1) is 0 Å². The second-order valence-corrected chi connectivity index (χ2v) is 4.24. The highest BCUT2D eigenvalue weighted by Crippen LogP contribution is 2.20. The Morgan fingerprint density at radius 3 is 2.78 bits per heavy atom. The first-order chi connectivity index (χ1) is 8.86. The highest BCUT2D eigenvalue weighted by atomic mass is 16.5. The van der Waals surface area contributed by atoms with Crippen LogP contribution in [0.25, 0.3) is 11.0 Å². The van der Waals surface area contributed by atoms with Crippen molar-refractivity contribution in [1.29, 1.82) is 0 Å². The number of rotatable bonds is 3. The fourth-order valence-corrected chi connectivity index (χ4v) is 2.12. The van der Waals surface area contributed by atoms with E-state index in [1.165, 1.54) is 16.5 Å². The lowest BCUT2D eigenvalue weighted by Gasteiger charge is -2.02. The van der Waals surface area contributed by atoms with Crippen molar-refractivity contribution in [2.75, 3.05) is 7.11 Å². The minimum Gasteiger partial charge on any atom is -0.497 e. The lowest BCUT2D eigenvalue weighted by atomic mass is 10.1. The predicted molar refractivity (Wildman–Crippen MR) is 71.9 cm³/mol. The minimum atomic E-state index is 0.888. The van der Waals surface area contributed by atoms with E-state index >= 15 is 0 Å². The van der Waals surface area contributed by atoms with Crippen molar-refractivity contribution in [3.63, 3.8) is 0 Å². The summed E-state index contributed by atoms with van der Waals surface area (Å²) < 4.78 is 5.16. The van der Waals surface area contributed by atoms with E-state index in [4.69, 9.17) is 4.74 Å². The summed E-state index contributed by atoms with van der Waals surface area (Å²) in [5.41, 5.74) is 3.48. The fourth-order valence-electron chi connectivity index (χ4n) is 2.12. The third kappa shape index (κ3) is 1.95. The molecule has 0 fully saturated rings. The van der Waals surface area contributed by atoms with Crippen LogP contribution in [0.5, 0.6) is 5.75 Å². The van der Waals surface area contributed by atoms with Crippen LogP contribution < -0.4 is 4.74 Å². The molecule has 0 amide bonds. The number of ether oxygens (including phenoxy) is 1. The lowest BCUT2D eigenvalue weighted by Crippen LogP contribution is -1.88. The van der Waals surface area contributed by atoms with Crippen molar-refractivity contribution in [3.05, 3.63) is 59.9 Å². The summed E-state index contributed by atoms with van der Waals surface area (Å²) in [6.45, 7) is 0. The number of hydrogen-bond acceptors (Lipinski definition) is 2. The molecular formula is C15H14N2O. The fraction of sp³-hybridized carbons (Fsp3) is 0.133. The van der Waals surface area contributed by atoms with Gasteiger partial charge in [-0.1, -0.05) is 12.1 Å². The van der Waals surface area contributed by atoms with Crippen LogP contribution in [-0.2, 0) is 6.42 Å². The molecule has 3 aromatic rings. The summed E-state index contributed by atoms with van der Waals surface area (Å²) in [6.07, 6.45) is 4.73. The first-order valence-electron chi connectivity index (χ1n) is 5.91. The quantitative estimate of drug-likeness (QED) is 0.761. The third-order valence-corrected chi connectivity index (χ3v) is 3.09. The normalized spacial score (nSPS) is 10.7. The Kier molecular flexibility index (Phi) is 2.73. The van der Waals surface area contributed by atoms with Gasteiger partial charge in [0, 0.05) is 17.8 Å². The van der Waals surface area contributed by atoms with Gasteiger partial charge >= 0.3 is 0 Å². The molecule has 0 radical (unpaired) electrons.